The molecule has 25 heavy (non-hydrogen) atoms. The predicted octanol–water partition coefficient (Wildman–Crippen LogP) is 2.70. The number of anilines is 1. The van der Waals surface area contributed by atoms with Crippen molar-refractivity contribution in [2.75, 3.05) is 4.90 Å². The summed E-state index contributed by atoms with van der Waals surface area (Å²) in [5.74, 6) is -2.67. The highest BCUT2D eigenvalue weighted by Gasteiger charge is 2.71. The van der Waals surface area contributed by atoms with Crippen LogP contribution in [0.15, 0.2) is 48.6 Å². The number of ether oxygens (including phenoxy) is 1. The van der Waals surface area contributed by atoms with Crippen molar-refractivity contribution in [2.45, 2.75) is 38.0 Å². The van der Waals surface area contributed by atoms with Crippen LogP contribution in [-0.2, 0) is 14.3 Å². The fourth-order valence-corrected chi connectivity index (χ4v) is 4.63. The molecular formula is C20H21NO4. The SMILES string of the molecule is C=C(C)C[C@H]1N(c2ccccc2C)C(=O)[C@@H]2[C@H](C(=O)O)[C@H]3C=C[C@]21O3. The minimum Gasteiger partial charge on any atom is -0.481 e. The highest BCUT2D eigenvalue weighted by atomic mass is 16.5. The number of amides is 1. The van der Waals surface area contributed by atoms with Gasteiger partial charge in [0.15, 0.2) is 0 Å². The highest BCUT2D eigenvalue weighted by molar-refractivity contribution is 6.03. The number of carbonyl (C=O) groups excluding carboxylic acids is 1. The topological polar surface area (TPSA) is 66.8 Å². The quantitative estimate of drug-likeness (QED) is 0.857. The summed E-state index contributed by atoms with van der Waals surface area (Å²) >= 11 is 0. The first-order chi connectivity index (χ1) is 11.9. The van der Waals surface area contributed by atoms with E-state index in [1.165, 1.54) is 0 Å². The molecule has 3 aliphatic heterocycles. The number of hydrogen-bond acceptors (Lipinski definition) is 3. The number of aryl methyl sites for hydroxylation is 1. The van der Waals surface area contributed by atoms with E-state index in [9.17, 15) is 14.7 Å². The molecule has 0 aromatic heterocycles. The van der Waals surface area contributed by atoms with E-state index in [0.29, 0.717) is 6.42 Å². The fraction of sp³-hybridized carbons (Fsp3) is 0.400. The molecule has 1 amide bonds. The van der Waals surface area contributed by atoms with Crippen molar-refractivity contribution in [1.29, 1.82) is 0 Å². The molecule has 1 aromatic carbocycles. The van der Waals surface area contributed by atoms with Gasteiger partial charge in [-0.3, -0.25) is 9.59 Å². The number of fused-ring (bicyclic) bond motifs is 1. The lowest BCUT2D eigenvalue weighted by molar-refractivity contribution is -0.146. The zero-order valence-electron chi connectivity index (χ0n) is 14.3. The van der Waals surface area contributed by atoms with Crippen LogP contribution in [-0.4, -0.2) is 34.7 Å². The van der Waals surface area contributed by atoms with Gasteiger partial charge in [-0.05, 0) is 31.9 Å². The van der Waals surface area contributed by atoms with Gasteiger partial charge in [-0.1, -0.05) is 35.9 Å². The Labute approximate surface area is 146 Å². The fourth-order valence-electron chi connectivity index (χ4n) is 4.63. The van der Waals surface area contributed by atoms with Gasteiger partial charge in [0.1, 0.15) is 11.5 Å². The van der Waals surface area contributed by atoms with E-state index < -0.39 is 29.5 Å². The zero-order valence-corrected chi connectivity index (χ0v) is 14.3. The summed E-state index contributed by atoms with van der Waals surface area (Å²) < 4.78 is 6.14. The van der Waals surface area contributed by atoms with Gasteiger partial charge in [0, 0.05) is 5.69 Å². The van der Waals surface area contributed by atoms with Crippen molar-refractivity contribution in [3.8, 4) is 0 Å². The average Bonchev–Trinajstić information content (AvgIpc) is 3.18. The summed E-state index contributed by atoms with van der Waals surface area (Å²) in [4.78, 5) is 26.9. The Hall–Kier alpha value is -2.40. The Morgan fingerprint density at radius 2 is 2.12 bits per heavy atom. The van der Waals surface area contributed by atoms with Gasteiger partial charge in [-0.2, -0.15) is 0 Å². The second-order valence-corrected chi connectivity index (χ2v) is 7.31. The third-order valence-electron chi connectivity index (χ3n) is 5.62. The first-order valence-electron chi connectivity index (χ1n) is 8.50. The van der Waals surface area contributed by atoms with Crippen LogP contribution in [0, 0.1) is 18.8 Å². The second-order valence-electron chi connectivity index (χ2n) is 7.31. The molecule has 0 radical (unpaired) electrons. The van der Waals surface area contributed by atoms with Crippen LogP contribution in [0.5, 0.6) is 0 Å². The van der Waals surface area contributed by atoms with Gasteiger partial charge in [0.25, 0.3) is 0 Å². The third kappa shape index (κ3) is 2.05. The Balaban J connectivity index is 1.87. The summed E-state index contributed by atoms with van der Waals surface area (Å²) in [6.45, 7) is 7.88. The summed E-state index contributed by atoms with van der Waals surface area (Å²) in [6, 6.07) is 7.39. The Bertz CT molecular complexity index is 814. The van der Waals surface area contributed by atoms with Gasteiger partial charge >= 0.3 is 5.97 Å². The number of carboxylic acids is 1. The minimum atomic E-state index is -0.977. The molecule has 1 spiro atoms. The van der Waals surface area contributed by atoms with Crippen molar-refractivity contribution in [1.82, 2.24) is 0 Å². The maximum absolute atomic E-state index is 13.4. The number of carboxylic acid groups (broad SMARTS) is 1. The first-order valence-corrected chi connectivity index (χ1v) is 8.50. The Morgan fingerprint density at radius 3 is 2.76 bits per heavy atom. The zero-order chi connectivity index (χ0) is 17.9. The maximum Gasteiger partial charge on any atom is 0.310 e. The first kappa shape index (κ1) is 16.1. The number of hydrogen-bond donors (Lipinski definition) is 1. The number of carbonyl (C=O) groups is 2. The molecule has 5 nitrogen and oxygen atoms in total. The normalized spacial score (nSPS) is 35.3. The molecule has 2 fully saturated rings. The Morgan fingerprint density at radius 1 is 1.40 bits per heavy atom. The summed E-state index contributed by atoms with van der Waals surface area (Å²) in [6.07, 6.45) is 3.75. The smallest absolute Gasteiger partial charge is 0.310 e. The molecule has 5 heteroatoms. The van der Waals surface area contributed by atoms with Crippen molar-refractivity contribution < 1.29 is 19.4 Å². The van der Waals surface area contributed by atoms with Crippen LogP contribution >= 0.6 is 0 Å². The van der Waals surface area contributed by atoms with Crippen LogP contribution < -0.4 is 4.90 Å². The molecule has 2 saturated heterocycles. The molecule has 0 saturated carbocycles. The van der Waals surface area contributed by atoms with Crippen LogP contribution in [0.1, 0.15) is 18.9 Å². The molecule has 130 valence electrons. The van der Waals surface area contributed by atoms with E-state index in [1.54, 1.807) is 11.0 Å². The number of nitrogens with zero attached hydrogens (tertiary/aromatic N) is 1. The number of rotatable bonds is 4. The largest absolute Gasteiger partial charge is 0.481 e. The molecule has 3 heterocycles. The van der Waals surface area contributed by atoms with Crippen molar-refractivity contribution in [2.24, 2.45) is 11.8 Å². The van der Waals surface area contributed by atoms with E-state index in [0.717, 1.165) is 16.8 Å². The standard InChI is InChI=1S/C20H21NO4/c1-11(2)10-15-20-9-8-14(25-20)16(19(23)24)17(20)18(22)21(15)13-7-5-4-6-12(13)3/h4-9,14-17H,1,10H2,2-3H3,(H,23,24)/t14-,15-,16-,17+,20-/m1/s1. The minimum absolute atomic E-state index is 0.167. The second kappa shape index (κ2) is 5.30. The van der Waals surface area contributed by atoms with Gasteiger partial charge < -0.3 is 14.7 Å². The molecule has 1 aromatic rings. The lowest BCUT2D eigenvalue weighted by atomic mass is 9.74. The lowest BCUT2D eigenvalue weighted by Crippen LogP contribution is -2.45. The molecule has 1 N–H and O–H groups in total. The van der Waals surface area contributed by atoms with Gasteiger partial charge in [0.2, 0.25) is 5.91 Å². The molecule has 3 aliphatic rings. The van der Waals surface area contributed by atoms with E-state index in [4.69, 9.17) is 4.74 Å². The van der Waals surface area contributed by atoms with Crippen LogP contribution in [0.2, 0.25) is 0 Å². The molecule has 5 atom stereocenters. The predicted molar refractivity (Wildman–Crippen MR) is 93.2 cm³/mol. The maximum atomic E-state index is 13.4. The summed E-state index contributed by atoms with van der Waals surface area (Å²) in [5, 5.41) is 9.67. The van der Waals surface area contributed by atoms with Crippen molar-refractivity contribution in [3.63, 3.8) is 0 Å². The average molecular weight is 339 g/mol. The Kier molecular flexibility index (Phi) is 3.41. The number of aliphatic carboxylic acids is 1. The number of para-hydroxylation sites is 1. The van der Waals surface area contributed by atoms with Crippen molar-refractivity contribution >= 4 is 17.6 Å². The van der Waals surface area contributed by atoms with Gasteiger partial charge in [0.05, 0.1) is 18.1 Å². The van der Waals surface area contributed by atoms with Crippen LogP contribution in [0.3, 0.4) is 0 Å². The van der Waals surface area contributed by atoms with Crippen LogP contribution in [0.25, 0.3) is 0 Å². The van der Waals surface area contributed by atoms with Gasteiger partial charge in [-0.25, -0.2) is 0 Å². The van der Waals surface area contributed by atoms with Crippen molar-refractivity contribution in [3.05, 3.63) is 54.1 Å². The third-order valence-corrected chi connectivity index (χ3v) is 5.62. The summed E-state index contributed by atoms with van der Waals surface area (Å²) in [5.41, 5.74) is 1.84. The number of benzene rings is 1. The molecule has 0 unspecified atom stereocenters. The summed E-state index contributed by atoms with van der Waals surface area (Å²) in [7, 11) is 0. The highest BCUT2D eigenvalue weighted by Crippen LogP contribution is 2.57. The van der Waals surface area contributed by atoms with E-state index in [1.807, 2.05) is 44.2 Å². The van der Waals surface area contributed by atoms with E-state index >= 15 is 0 Å². The van der Waals surface area contributed by atoms with E-state index in [2.05, 4.69) is 6.58 Å². The van der Waals surface area contributed by atoms with E-state index in [-0.39, 0.29) is 11.9 Å². The molecule has 2 bridgehead atoms. The monoisotopic (exact) mass is 339 g/mol. The molecule has 0 aliphatic carbocycles. The molecular weight excluding hydrogens is 318 g/mol. The van der Waals surface area contributed by atoms with Crippen LogP contribution in [0.4, 0.5) is 5.69 Å². The lowest BCUT2D eigenvalue weighted by Gasteiger charge is -2.34. The molecule has 4 rings (SSSR count). The van der Waals surface area contributed by atoms with Gasteiger partial charge in [-0.15, -0.1) is 6.58 Å².